The van der Waals surface area contributed by atoms with Gasteiger partial charge in [0.15, 0.2) is 5.82 Å². The van der Waals surface area contributed by atoms with Crippen LogP contribution in [-0.2, 0) is 6.18 Å². The largest absolute Gasteiger partial charge is 0.491 e. The second-order valence-electron chi connectivity index (χ2n) is 5.79. The molecular weight excluding hydrogens is 365 g/mol. The zero-order chi connectivity index (χ0) is 18.6. The number of rotatable bonds is 1. The van der Waals surface area contributed by atoms with E-state index in [1.807, 2.05) is 0 Å². The van der Waals surface area contributed by atoms with Crippen LogP contribution in [0.2, 0.25) is 0 Å². The highest BCUT2D eigenvalue weighted by molar-refractivity contribution is 6.03. The van der Waals surface area contributed by atoms with Crippen molar-refractivity contribution in [1.82, 2.24) is 10.4 Å². The van der Waals surface area contributed by atoms with Gasteiger partial charge in [-0.25, -0.2) is 10.0 Å². The Labute approximate surface area is 151 Å². The first-order valence-electron chi connectivity index (χ1n) is 7.58. The Kier molecular flexibility index (Phi) is 4.25. The van der Waals surface area contributed by atoms with Crippen LogP contribution in [0, 0.1) is 0 Å². The fraction of sp³-hybridized carbons (Fsp3) is 0.118. The smallest absolute Gasteiger partial charge is 0.416 e. The van der Waals surface area contributed by atoms with Gasteiger partial charge in [-0.15, -0.1) is 0 Å². The van der Waals surface area contributed by atoms with E-state index in [-0.39, 0.29) is 28.8 Å². The summed E-state index contributed by atoms with van der Waals surface area (Å²) < 4.78 is 38.2. The number of anilines is 2. The summed E-state index contributed by atoms with van der Waals surface area (Å²) in [4.78, 5) is 13.7. The SMILES string of the molecule is CN1C(=O)c2ccccc2N2[N]N(c3ccc(C(F)(F)F)cc3)C(O)=C12.O. The van der Waals surface area contributed by atoms with E-state index < -0.39 is 11.7 Å². The van der Waals surface area contributed by atoms with Crippen LogP contribution >= 0.6 is 0 Å². The van der Waals surface area contributed by atoms with E-state index in [0.717, 1.165) is 17.1 Å². The van der Waals surface area contributed by atoms with E-state index in [1.165, 1.54) is 29.1 Å². The van der Waals surface area contributed by atoms with Crippen LogP contribution < -0.4 is 15.6 Å². The number of para-hydroxylation sites is 1. The quantitative estimate of drug-likeness (QED) is 0.824. The molecule has 7 nitrogen and oxygen atoms in total. The number of hydrogen-bond acceptors (Lipinski definition) is 4. The summed E-state index contributed by atoms with van der Waals surface area (Å²) in [6.07, 6.45) is -4.45. The highest BCUT2D eigenvalue weighted by Crippen LogP contribution is 2.38. The lowest BCUT2D eigenvalue weighted by Crippen LogP contribution is -2.44. The van der Waals surface area contributed by atoms with Gasteiger partial charge < -0.3 is 10.6 Å². The number of aliphatic hydroxyl groups excluding tert-OH is 1. The maximum absolute atomic E-state index is 12.7. The van der Waals surface area contributed by atoms with Crippen molar-refractivity contribution in [1.29, 1.82) is 0 Å². The van der Waals surface area contributed by atoms with Crippen molar-refractivity contribution in [2.45, 2.75) is 6.18 Å². The van der Waals surface area contributed by atoms with Gasteiger partial charge in [0.05, 0.1) is 22.5 Å². The molecule has 2 aliphatic rings. The molecule has 3 N–H and O–H groups in total. The molecule has 1 amide bonds. The van der Waals surface area contributed by atoms with Crippen molar-refractivity contribution >= 4 is 17.3 Å². The average molecular weight is 379 g/mol. The lowest BCUT2D eigenvalue weighted by molar-refractivity contribution is -0.137. The van der Waals surface area contributed by atoms with E-state index in [2.05, 4.69) is 5.53 Å². The van der Waals surface area contributed by atoms with Gasteiger partial charge in [-0.2, -0.15) is 13.2 Å². The van der Waals surface area contributed by atoms with E-state index in [4.69, 9.17) is 0 Å². The van der Waals surface area contributed by atoms with Gasteiger partial charge >= 0.3 is 6.18 Å². The molecule has 0 saturated carbocycles. The van der Waals surface area contributed by atoms with Crippen LogP contribution in [0.5, 0.6) is 0 Å². The van der Waals surface area contributed by atoms with Crippen molar-refractivity contribution in [3.63, 3.8) is 0 Å². The summed E-state index contributed by atoms with van der Waals surface area (Å²) >= 11 is 0. The van der Waals surface area contributed by atoms with E-state index in [1.54, 1.807) is 24.3 Å². The molecule has 2 aliphatic heterocycles. The van der Waals surface area contributed by atoms with Gasteiger partial charge in [-0.3, -0.25) is 9.69 Å². The minimum absolute atomic E-state index is 0. The number of carbonyl (C=O) groups excluding carboxylic acids is 1. The van der Waals surface area contributed by atoms with E-state index in [9.17, 15) is 23.1 Å². The number of alkyl halides is 3. The van der Waals surface area contributed by atoms with E-state index >= 15 is 0 Å². The third kappa shape index (κ3) is 2.75. The monoisotopic (exact) mass is 379 g/mol. The molecule has 0 aromatic heterocycles. The second-order valence-corrected chi connectivity index (χ2v) is 5.79. The normalized spacial score (nSPS) is 16.3. The fourth-order valence-corrected chi connectivity index (χ4v) is 2.90. The van der Waals surface area contributed by atoms with Gasteiger partial charge in [0, 0.05) is 7.05 Å². The topological polar surface area (TPSA) is 92.6 Å². The zero-order valence-corrected chi connectivity index (χ0v) is 13.9. The van der Waals surface area contributed by atoms with Gasteiger partial charge in [-0.1, -0.05) is 12.1 Å². The summed E-state index contributed by atoms with van der Waals surface area (Å²) in [6, 6.07) is 11.0. The first kappa shape index (κ1) is 18.5. The summed E-state index contributed by atoms with van der Waals surface area (Å²) in [7, 11) is 1.49. The number of benzene rings is 2. The highest BCUT2D eigenvalue weighted by Gasteiger charge is 2.43. The van der Waals surface area contributed by atoms with Crippen molar-refractivity contribution in [3.05, 3.63) is 71.4 Å². The third-order valence-corrected chi connectivity index (χ3v) is 4.20. The standard InChI is InChI=1S/C17H12F3N4O2.H2O/c1-22-14-16(26)23(11-8-6-10(7-9-11)17(18,19)20)21-24(14)13-5-3-2-4-12(13)15(22)25;/h2-9,26H,1H3;1H2. The Bertz CT molecular complexity index is 928. The molecule has 4 rings (SSSR count). The predicted octanol–water partition coefficient (Wildman–Crippen LogP) is 2.41. The van der Waals surface area contributed by atoms with Crippen molar-refractivity contribution in [2.24, 2.45) is 0 Å². The summed E-state index contributed by atoms with van der Waals surface area (Å²) in [5, 5.41) is 13.0. The van der Waals surface area contributed by atoms with Crippen molar-refractivity contribution in [3.8, 4) is 0 Å². The van der Waals surface area contributed by atoms with Gasteiger partial charge in [-0.05, 0) is 41.9 Å². The number of hydrogen-bond donors (Lipinski definition) is 1. The van der Waals surface area contributed by atoms with Gasteiger partial charge in [0.2, 0.25) is 0 Å². The summed E-state index contributed by atoms with van der Waals surface area (Å²) in [5.41, 5.74) is 4.56. The maximum Gasteiger partial charge on any atom is 0.416 e. The van der Waals surface area contributed by atoms with Crippen LogP contribution in [0.4, 0.5) is 24.5 Å². The van der Waals surface area contributed by atoms with E-state index in [0.29, 0.717) is 11.3 Å². The Morgan fingerprint density at radius 3 is 2.26 bits per heavy atom. The Hall–Kier alpha value is -3.24. The Balaban J connectivity index is 0.00000210. The molecule has 0 unspecified atom stereocenters. The van der Waals surface area contributed by atoms with Crippen LogP contribution in [0.15, 0.2) is 60.2 Å². The number of carbonyl (C=O) groups is 1. The van der Waals surface area contributed by atoms with Crippen LogP contribution in [-0.4, -0.2) is 28.4 Å². The molecule has 0 saturated heterocycles. The van der Waals surface area contributed by atoms with Gasteiger partial charge in [0.1, 0.15) is 0 Å². The van der Waals surface area contributed by atoms with Crippen LogP contribution in [0.3, 0.4) is 0 Å². The zero-order valence-electron chi connectivity index (χ0n) is 13.9. The van der Waals surface area contributed by atoms with Crippen molar-refractivity contribution in [2.75, 3.05) is 17.1 Å². The lowest BCUT2D eigenvalue weighted by Gasteiger charge is -2.32. The third-order valence-electron chi connectivity index (χ3n) is 4.20. The molecule has 141 valence electrons. The molecule has 1 radical (unpaired) electrons. The molecule has 10 heteroatoms. The predicted molar refractivity (Wildman–Crippen MR) is 90.3 cm³/mol. The summed E-state index contributed by atoms with van der Waals surface area (Å²) in [6.45, 7) is 0. The number of nitrogens with zero attached hydrogens (tertiary/aromatic N) is 4. The maximum atomic E-state index is 12.7. The molecule has 0 aliphatic carbocycles. The number of aliphatic hydroxyl groups is 1. The molecule has 2 aromatic rings. The second kappa shape index (κ2) is 6.18. The number of amides is 1. The van der Waals surface area contributed by atoms with Gasteiger partial charge in [0.25, 0.3) is 11.8 Å². The first-order chi connectivity index (χ1) is 12.3. The number of halogens is 3. The lowest BCUT2D eigenvalue weighted by atomic mass is 10.1. The molecule has 0 fully saturated rings. The molecule has 0 spiro atoms. The summed E-state index contributed by atoms with van der Waals surface area (Å²) in [5.74, 6) is -0.536. The minimum atomic E-state index is -4.45. The molecular formula is C17H14F3N4O3. The highest BCUT2D eigenvalue weighted by atomic mass is 19.4. The molecule has 27 heavy (non-hydrogen) atoms. The minimum Gasteiger partial charge on any atom is -0.491 e. The fourth-order valence-electron chi connectivity index (χ4n) is 2.90. The van der Waals surface area contributed by atoms with Crippen molar-refractivity contribution < 1.29 is 28.5 Å². The Morgan fingerprint density at radius 2 is 1.63 bits per heavy atom. The molecule has 0 bridgehead atoms. The average Bonchev–Trinajstić information content (AvgIpc) is 2.97. The molecule has 2 aromatic carbocycles. The Morgan fingerprint density at radius 1 is 1.00 bits per heavy atom. The van der Waals surface area contributed by atoms with Crippen LogP contribution in [0.1, 0.15) is 15.9 Å². The molecule has 0 atom stereocenters. The first-order valence-corrected chi connectivity index (χ1v) is 7.58. The van der Waals surface area contributed by atoms with Crippen LogP contribution in [0.25, 0.3) is 0 Å². The molecule has 2 heterocycles. The number of fused-ring (bicyclic) bond motifs is 3.